The van der Waals surface area contributed by atoms with Crippen molar-refractivity contribution in [3.8, 4) is 0 Å². The van der Waals surface area contributed by atoms with Gasteiger partial charge in [-0.15, -0.1) is 0 Å². The summed E-state index contributed by atoms with van der Waals surface area (Å²) >= 11 is 0. The lowest BCUT2D eigenvalue weighted by Crippen LogP contribution is -2.33. The molecule has 9 heteroatoms. The molecule has 0 amide bonds. The lowest BCUT2D eigenvalue weighted by Gasteiger charge is -2.27. The second-order valence-corrected chi connectivity index (χ2v) is 8.18. The third-order valence-electron chi connectivity index (χ3n) is 6.13. The molecule has 0 saturated carbocycles. The Balaban J connectivity index is 1.57. The average Bonchev–Trinajstić information content (AvgIpc) is 3.01. The van der Waals surface area contributed by atoms with Crippen LogP contribution in [0.15, 0.2) is 30.6 Å². The molecule has 1 aliphatic carbocycles. The maximum Gasteiger partial charge on any atom is 0.416 e. The Labute approximate surface area is 176 Å². The SMILES string of the molecule is Cc1ncnc2c1C=C[C@H]([C@@H]1OC(C(O)c3cc(F)cc(C(F)(F)F)c3)[C@@H](C)[C@H]1O)C2. The predicted molar refractivity (Wildman–Crippen MR) is 103 cm³/mol. The molecule has 1 aromatic heterocycles. The summed E-state index contributed by atoms with van der Waals surface area (Å²) in [7, 11) is 0. The van der Waals surface area contributed by atoms with Crippen molar-refractivity contribution >= 4 is 6.08 Å². The molecule has 166 valence electrons. The van der Waals surface area contributed by atoms with Crippen molar-refractivity contribution in [3.05, 3.63) is 64.5 Å². The molecule has 31 heavy (non-hydrogen) atoms. The van der Waals surface area contributed by atoms with Gasteiger partial charge in [0.05, 0.1) is 29.6 Å². The van der Waals surface area contributed by atoms with Crippen LogP contribution in [0.2, 0.25) is 0 Å². The van der Waals surface area contributed by atoms with Crippen LogP contribution in [0.1, 0.15) is 41.1 Å². The van der Waals surface area contributed by atoms with E-state index in [4.69, 9.17) is 4.74 Å². The smallest absolute Gasteiger partial charge is 0.390 e. The summed E-state index contributed by atoms with van der Waals surface area (Å²) in [5, 5.41) is 21.5. The van der Waals surface area contributed by atoms with Gasteiger partial charge in [0.15, 0.2) is 0 Å². The molecular formula is C22H22F4N2O3. The Morgan fingerprint density at radius 3 is 2.65 bits per heavy atom. The van der Waals surface area contributed by atoms with Gasteiger partial charge in [0.1, 0.15) is 18.2 Å². The number of aromatic nitrogens is 2. The number of aryl methyl sites for hydroxylation is 1. The average molecular weight is 438 g/mol. The summed E-state index contributed by atoms with van der Waals surface area (Å²) < 4.78 is 58.9. The fraction of sp³-hybridized carbons (Fsp3) is 0.455. The lowest BCUT2D eigenvalue weighted by atomic mass is 9.84. The minimum Gasteiger partial charge on any atom is -0.390 e. The highest BCUT2D eigenvalue weighted by Gasteiger charge is 2.47. The van der Waals surface area contributed by atoms with Crippen molar-refractivity contribution in [2.24, 2.45) is 11.8 Å². The van der Waals surface area contributed by atoms with E-state index in [0.717, 1.165) is 23.0 Å². The molecule has 2 heterocycles. The Bertz CT molecular complexity index is 1010. The Morgan fingerprint density at radius 2 is 1.94 bits per heavy atom. The Hall–Kier alpha value is -2.36. The summed E-state index contributed by atoms with van der Waals surface area (Å²) in [5.41, 5.74) is 1.12. The third-order valence-corrected chi connectivity index (χ3v) is 6.13. The van der Waals surface area contributed by atoms with Crippen molar-refractivity contribution in [1.29, 1.82) is 0 Å². The minimum absolute atomic E-state index is 0.241. The van der Waals surface area contributed by atoms with E-state index in [1.807, 2.05) is 19.1 Å². The zero-order valence-corrected chi connectivity index (χ0v) is 16.8. The number of hydrogen-bond donors (Lipinski definition) is 2. The number of alkyl halides is 3. The number of fused-ring (bicyclic) bond motifs is 1. The maximum atomic E-state index is 13.8. The topological polar surface area (TPSA) is 75.5 Å². The number of benzene rings is 1. The fourth-order valence-corrected chi connectivity index (χ4v) is 4.38. The van der Waals surface area contributed by atoms with Crippen molar-refractivity contribution in [2.75, 3.05) is 0 Å². The van der Waals surface area contributed by atoms with Gasteiger partial charge in [0.2, 0.25) is 0 Å². The highest BCUT2D eigenvalue weighted by molar-refractivity contribution is 5.57. The molecule has 6 atom stereocenters. The summed E-state index contributed by atoms with van der Waals surface area (Å²) in [6, 6.07) is 1.94. The molecule has 2 aliphatic rings. The van der Waals surface area contributed by atoms with Crippen molar-refractivity contribution < 1.29 is 32.5 Å². The standard InChI is InChI=1S/C22H22F4N2O3/c1-10-18(29)21(12-3-4-16-11(2)27-9-28-17(16)7-12)31-20(10)19(30)13-5-14(22(24,25)26)8-15(23)6-13/h3-6,8-10,12,18-21,29-30H,7H2,1-2H3/t10-,12-,18+,19?,20?,21-/m0/s1. The maximum absolute atomic E-state index is 13.8. The van der Waals surface area contributed by atoms with Gasteiger partial charge in [-0.05, 0) is 37.1 Å². The summed E-state index contributed by atoms with van der Waals surface area (Å²) in [4.78, 5) is 8.45. The van der Waals surface area contributed by atoms with E-state index in [0.29, 0.717) is 18.6 Å². The molecule has 0 radical (unpaired) electrons. The van der Waals surface area contributed by atoms with Crippen LogP contribution in [-0.2, 0) is 17.3 Å². The molecule has 1 aliphatic heterocycles. The molecule has 2 aromatic rings. The zero-order valence-electron chi connectivity index (χ0n) is 16.8. The minimum atomic E-state index is -4.75. The van der Waals surface area contributed by atoms with E-state index in [1.165, 1.54) is 6.33 Å². The van der Waals surface area contributed by atoms with Gasteiger partial charge in [-0.1, -0.05) is 19.1 Å². The van der Waals surface area contributed by atoms with Crippen LogP contribution < -0.4 is 0 Å². The quantitative estimate of drug-likeness (QED) is 0.716. The molecule has 0 spiro atoms. The van der Waals surface area contributed by atoms with E-state index < -0.39 is 47.9 Å². The van der Waals surface area contributed by atoms with E-state index in [9.17, 15) is 27.8 Å². The zero-order chi connectivity index (χ0) is 22.5. The summed E-state index contributed by atoms with van der Waals surface area (Å²) in [6.45, 7) is 3.52. The number of aliphatic hydroxyl groups excluding tert-OH is 2. The van der Waals surface area contributed by atoms with E-state index in [2.05, 4.69) is 9.97 Å². The van der Waals surface area contributed by atoms with Gasteiger partial charge in [-0.2, -0.15) is 13.2 Å². The Kier molecular flexibility index (Phi) is 5.61. The van der Waals surface area contributed by atoms with Crippen molar-refractivity contribution in [3.63, 3.8) is 0 Å². The normalized spacial score (nSPS) is 29.1. The number of aliphatic hydroxyl groups is 2. The molecular weight excluding hydrogens is 416 g/mol. The van der Waals surface area contributed by atoms with Crippen LogP contribution in [0, 0.1) is 24.6 Å². The number of hydrogen-bond acceptors (Lipinski definition) is 5. The van der Waals surface area contributed by atoms with Crippen LogP contribution in [-0.4, -0.2) is 38.5 Å². The van der Waals surface area contributed by atoms with Crippen LogP contribution in [0.3, 0.4) is 0 Å². The second kappa shape index (κ2) is 7.96. The molecule has 1 saturated heterocycles. The van der Waals surface area contributed by atoms with E-state index >= 15 is 0 Å². The van der Waals surface area contributed by atoms with Crippen LogP contribution in [0.5, 0.6) is 0 Å². The van der Waals surface area contributed by atoms with Gasteiger partial charge >= 0.3 is 6.18 Å². The van der Waals surface area contributed by atoms with Gasteiger partial charge in [-0.25, -0.2) is 14.4 Å². The van der Waals surface area contributed by atoms with Gasteiger partial charge in [0.25, 0.3) is 0 Å². The number of nitrogens with zero attached hydrogens (tertiary/aromatic N) is 2. The van der Waals surface area contributed by atoms with E-state index in [1.54, 1.807) is 6.92 Å². The number of rotatable bonds is 3. The molecule has 2 N–H and O–H groups in total. The Morgan fingerprint density at radius 1 is 1.19 bits per heavy atom. The van der Waals surface area contributed by atoms with Crippen molar-refractivity contribution in [2.45, 2.75) is 50.9 Å². The predicted octanol–water partition coefficient (Wildman–Crippen LogP) is 3.63. The first-order valence-corrected chi connectivity index (χ1v) is 9.94. The second-order valence-electron chi connectivity index (χ2n) is 8.18. The molecule has 1 aromatic carbocycles. The third kappa shape index (κ3) is 4.09. The fourth-order valence-electron chi connectivity index (χ4n) is 4.38. The number of ether oxygens (including phenoxy) is 1. The van der Waals surface area contributed by atoms with Crippen LogP contribution >= 0.6 is 0 Å². The first-order valence-electron chi connectivity index (χ1n) is 9.94. The molecule has 4 rings (SSSR count). The summed E-state index contributed by atoms with van der Waals surface area (Å²) in [6.07, 6.45) is -3.22. The monoisotopic (exact) mass is 438 g/mol. The molecule has 2 unspecified atom stereocenters. The molecule has 5 nitrogen and oxygen atoms in total. The molecule has 1 fully saturated rings. The van der Waals surface area contributed by atoms with E-state index in [-0.39, 0.29) is 11.5 Å². The molecule has 0 bridgehead atoms. The highest BCUT2D eigenvalue weighted by atomic mass is 19.4. The first kappa shape index (κ1) is 21.9. The van der Waals surface area contributed by atoms with Crippen LogP contribution in [0.25, 0.3) is 6.08 Å². The first-order chi connectivity index (χ1) is 14.6. The lowest BCUT2D eigenvalue weighted by molar-refractivity contribution is -0.138. The number of halogens is 4. The van der Waals surface area contributed by atoms with Crippen LogP contribution in [0.4, 0.5) is 17.6 Å². The van der Waals surface area contributed by atoms with Gasteiger partial charge in [-0.3, -0.25) is 0 Å². The van der Waals surface area contributed by atoms with Crippen molar-refractivity contribution in [1.82, 2.24) is 9.97 Å². The largest absolute Gasteiger partial charge is 0.416 e. The highest BCUT2D eigenvalue weighted by Crippen LogP contribution is 2.41. The van der Waals surface area contributed by atoms with Gasteiger partial charge in [0, 0.05) is 23.1 Å². The van der Waals surface area contributed by atoms with Gasteiger partial charge < -0.3 is 14.9 Å². The summed E-state index contributed by atoms with van der Waals surface area (Å²) in [5.74, 6) is -1.93.